The fourth-order valence-electron chi connectivity index (χ4n) is 3.38. The van der Waals surface area contributed by atoms with Gasteiger partial charge in [-0.2, -0.15) is 5.10 Å². The Kier molecular flexibility index (Phi) is 6.13. The highest BCUT2D eigenvalue weighted by Crippen LogP contribution is 2.26. The highest BCUT2D eigenvalue weighted by molar-refractivity contribution is 7.09. The van der Waals surface area contributed by atoms with Crippen LogP contribution in [-0.4, -0.2) is 46.8 Å². The Morgan fingerprint density at radius 2 is 2.40 bits per heavy atom. The summed E-state index contributed by atoms with van der Waals surface area (Å²) in [6.45, 7) is 8.29. The third kappa shape index (κ3) is 4.84. The second-order valence-corrected chi connectivity index (χ2v) is 7.99. The topological polar surface area (TPSA) is 45.5 Å². The van der Waals surface area contributed by atoms with Crippen molar-refractivity contribution in [2.45, 2.75) is 32.6 Å². The van der Waals surface area contributed by atoms with E-state index in [1.54, 1.807) is 0 Å². The summed E-state index contributed by atoms with van der Waals surface area (Å²) in [5, 5.41) is 9.94. The van der Waals surface area contributed by atoms with Gasteiger partial charge in [-0.05, 0) is 42.7 Å². The molecule has 2 aromatic rings. The second kappa shape index (κ2) is 8.52. The third-order valence-corrected chi connectivity index (χ3v) is 5.60. The maximum absolute atomic E-state index is 4.92. The van der Waals surface area contributed by atoms with Crippen LogP contribution in [0.1, 0.15) is 36.6 Å². The molecule has 1 N–H and O–H groups in total. The van der Waals surface area contributed by atoms with Crippen LogP contribution in [-0.2, 0) is 13.5 Å². The van der Waals surface area contributed by atoms with Crippen molar-refractivity contribution in [1.29, 1.82) is 0 Å². The van der Waals surface area contributed by atoms with Gasteiger partial charge < -0.3 is 10.2 Å². The molecule has 1 fully saturated rings. The van der Waals surface area contributed by atoms with Crippen molar-refractivity contribution < 1.29 is 0 Å². The molecule has 1 aliphatic heterocycles. The number of guanidine groups is 1. The van der Waals surface area contributed by atoms with Gasteiger partial charge in [-0.1, -0.05) is 13.0 Å². The molecule has 3 rings (SSSR count). The number of hydrogen-bond acceptors (Lipinski definition) is 3. The van der Waals surface area contributed by atoms with Gasteiger partial charge >= 0.3 is 0 Å². The molecule has 2 aromatic heterocycles. The zero-order valence-electron chi connectivity index (χ0n) is 15.5. The molecular formula is C19H29N5S. The molecule has 0 amide bonds. The fourth-order valence-corrected chi connectivity index (χ4v) is 4.25. The second-order valence-electron chi connectivity index (χ2n) is 6.96. The number of thiophene rings is 1. The number of likely N-dealkylation sites (tertiary alicyclic amines) is 1. The summed E-state index contributed by atoms with van der Waals surface area (Å²) >= 11 is 1.84. The van der Waals surface area contributed by atoms with Gasteiger partial charge in [0.2, 0.25) is 0 Å². The van der Waals surface area contributed by atoms with Crippen LogP contribution in [0, 0.1) is 5.92 Å². The first-order valence-corrected chi connectivity index (χ1v) is 10.1. The molecule has 2 atom stereocenters. The molecule has 0 saturated carbocycles. The first kappa shape index (κ1) is 18.0. The Morgan fingerprint density at radius 1 is 1.52 bits per heavy atom. The summed E-state index contributed by atoms with van der Waals surface area (Å²) in [4.78, 5) is 8.78. The Hall–Kier alpha value is -1.82. The van der Waals surface area contributed by atoms with Crippen molar-refractivity contribution >= 4 is 17.3 Å². The molecule has 0 aromatic carbocycles. The standard InChI is InChI=1S/C19H29N5S/c1-4-20-19(21-11-15(2)10-18-6-5-9-25-18)24-8-7-16(14-24)17-12-22-23(3)13-17/h5-6,9,12-13,15-16H,4,7-8,10-11,14H2,1-3H3,(H,20,21). The zero-order valence-corrected chi connectivity index (χ0v) is 16.3. The van der Waals surface area contributed by atoms with Crippen LogP contribution in [0.5, 0.6) is 0 Å². The molecule has 136 valence electrons. The quantitative estimate of drug-likeness (QED) is 0.637. The van der Waals surface area contributed by atoms with E-state index in [9.17, 15) is 0 Å². The van der Waals surface area contributed by atoms with Gasteiger partial charge in [0.05, 0.1) is 6.20 Å². The molecule has 0 aliphatic carbocycles. The van der Waals surface area contributed by atoms with E-state index in [1.165, 1.54) is 16.9 Å². The molecule has 0 spiro atoms. The smallest absolute Gasteiger partial charge is 0.193 e. The van der Waals surface area contributed by atoms with Crippen molar-refractivity contribution in [2.75, 3.05) is 26.2 Å². The normalized spacial score (nSPS) is 19.4. The minimum atomic E-state index is 0.557. The van der Waals surface area contributed by atoms with Gasteiger partial charge in [0.25, 0.3) is 0 Å². The number of nitrogens with zero attached hydrogens (tertiary/aromatic N) is 4. The predicted molar refractivity (Wildman–Crippen MR) is 105 cm³/mol. The van der Waals surface area contributed by atoms with Crippen molar-refractivity contribution in [3.05, 3.63) is 40.3 Å². The lowest BCUT2D eigenvalue weighted by molar-refractivity contribution is 0.480. The maximum atomic E-state index is 4.92. The average molecular weight is 360 g/mol. The van der Waals surface area contributed by atoms with Crippen molar-refractivity contribution in [3.63, 3.8) is 0 Å². The van der Waals surface area contributed by atoms with Gasteiger partial charge in [-0.15, -0.1) is 11.3 Å². The highest BCUT2D eigenvalue weighted by atomic mass is 32.1. The number of aromatic nitrogens is 2. The molecule has 6 heteroatoms. The summed E-state index contributed by atoms with van der Waals surface area (Å²) < 4.78 is 1.89. The van der Waals surface area contributed by atoms with Gasteiger partial charge in [0.1, 0.15) is 0 Å². The molecule has 2 unspecified atom stereocenters. The summed E-state index contributed by atoms with van der Waals surface area (Å²) in [6.07, 6.45) is 6.42. The lowest BCUT2D eigenvalue weighted by Gasteiger charge is -2.22. The maximum Gasteiger partial charge on any atom is 0.193 e. The van der Waals surface area contributed by atoms with Crippen LogP contribution in [0.15, 0.2) is 34.9 Å². The lowest BCUT2D eigenvalue weighted by atomic mass is 10.0. The number of nitrogens with one attached hydrogen (secondary N) is 1. The molecule has 1 saturated heterocycles. The van der Waals surface area contributed by atoms with E-state index in [0.29, 0.717) is 11.8 Å². The lowest BCUT2D eigenvalue weighted by Crippen LogP contribution is -2.40. The summed E-state index contributed by atoms with van der Waals surface area (Å²) in [5.74, 6) is 2.18. The highest BCUT2D eigenvalue weighted by Gasteiger charge is 2.26. The van der Waals surface area contributed by atoms with Crippen LogP contribution in [0.2, 0.25) is 0 Å². The number of aryl methyl sites for hydroxylation is 1. The fraction of sp³-hybridized carbons (Fsp3) is 0.579. The Bertz CT molecular complexity index is 676. The van der Waals surface area contributed by atoms with Gasteiger partial charge in [-0.3, -0.25) is 9.67 Å². The molecular weight excluding hydrogens is 330 g/mol. The van der Waals surface area contributed by atoms with Crippen molar-refractivity contribution in [3.8, 4) is 0 Å². The Morgan fingerprint density at radius 3 is 3.08 bits per heavy atom. The van der Waals surface area contributed by atoms with Crippen LogP contribution in [0.25, 0.3) is 0 Å². The van der Waals surface area contributed by atoms with E-state index in [-0.39, 0.29) is 0 Å². The van der Waals surface area contributed by atoms with E-state index in [1.807, 2.05) is 29.3 Å². The van der Waals surface area contributed by atoms with Crippen molar-refractivity contribution in [2.24, 2.45) is 18.0 Å². The summed E-state index contributed by atoms with van der Waals surface area (Å²) in [5.41, 5.74) is 1.34. The van der Waals surface area contributed by atoms with E-state index in [4.69, 9.17) is 4.99 Å². The third-order valence-electron chi connectivity index (χ3n) is 4.70. The monoisotopic (exact) mass is 359 g/mol. The van der Waals surface area contributed by atoms with Crippen molar-refractivity contribution in [1.82, 2.24) is 20.0 Å². The van der Waals surface area contributed by atoms with E-state index in [2.05, 4.69) is 52.9 Å². The summed E-state index contributed by atoms with van der Waals surface area (Å²) in [7, 11) is 1.98. The number of rotatable bonds is 6. The average Bonchev–Trinajstić information content (AvgIpc) is 3.32. The van der Waals surface area contributed by atoms with Gasteiger partial charge in [-0.25, -0.2) is 0 Å². The Balaban J connectivity index is 1.58. The van der Waals surface area contributed by atoms with E-state index < -0.39 is 0 Å². The van der Waals surface area contributed by atoms with E-state index >= 15 is 0 Å². The minimum absolute atomic E-state index is 0.557. The first-order chi connectivity index (χ1) is 12.2. The van der Waals surface area contributed by atoms with E-state index in [0.717, 1.165) is 38.6 Å². The molecule has 0 bridgehead atoms. The van der Waals surface area contributed by atoms with Gasteiger partial charge in [0, 0.05) is 50.2 Å². The first-order valence-electron chi connectivity index (χ1n) is 9.20. The largest absolute Gasteiger partial charge is 0.357 e. The molecule has 3 heterocycles. The zero-order chi connectivity index (χ0) is 17.6. The van der Waals surface area contributed by atoms with Crippen LogP contribution in [0.4, 0.5) is 0 Å². The molecule has 5 nitrogen and oxygen atoms in total. The molecule has 0 radical (unpaired) electrons. The van der Waals surface area contributed by atoms with Crippen LogP contribution < -0.4 is 5.32 Å². The van der Waals surface area contributed by atoms with Crippen LogP contribution >= 0.6 is 11.3 Å². The molecule has 1 aliphatic rings. The Labute approximate surface area is 154 Å². The van der Waals surface area contributed by atoms with Gasteiger partial charge in [0.15, 0.2) is 5.96 Å². The minimum Gasteiger partial charge on any atom is -0.357 e. The molecule has 25 heavy (non-hydrogen) atoms. The predicted octanol–water partition coefficient (Wildman–Crippen LogP) is 3.12. The SMILES string of the molecule is CCNC(=NCC(C)Cc1cccs1)N1CCC(c2cnn(C)c2)C1. The number of aliphatic imine (C=N–C) groups is 1. The number of hydrogen-bond donors (Lipinski definition) is 1. The van der Waals surface area contributed by atoms with Crippen LogP contribution in [0.3, 0.4) is 0 Å². The summed E-state index contributed by atoms with van der Waals surface area (Å²) in [6, 6.07) is 4.35.